The second-order valence-electron chi connectivity index (χ2n) is 8.96. The molecule has 0 radical (unpaired) electrons. The Morgan fingerprint density at radius 1 is 1.18 bits per heavy atom. The molecule has 1 N–H and O–H groups in total. The highest BCUT2D eigenvalue weighted by Crippen LogP contribution is 2.41. The molecule has 1 aliphatic carbocycles. The van der Waals surface area contributed by atoms with Gasteiger partial charge in [-0.15, -0.1) is 0 Å². The van der Waals surface area contributed by atoms with Gasteiger partial charge in [-0.3, -0.25) is 14.3 Å². The van der Waals surface area contributed by atoms with E-state index in [0.29, 0.717) is 12.1 Å². The molecule has 1 saturated carbocycles. The van der Waals surface area contributed by atoms with Gasteiger partial charge in [0.25, 0.3) is 5.91 Å². The molecule has 4 rings (SSSR count). The minimum Gasteiger partial charge on any atom is -0.393 e. The third kappa shape index (κ3) is 3.23. The number of hydrogen-bond donors (Lipinski definition) is 1. The Kier molecular flexibility index (Phi) is 5.21. The number of piperidine rings is 1. The number of rotatable bonds is 3. The highest BCUT2D eigenvalue weighted by molar-refractivity contribution is 5.99. The fraction of sp³-hybridized carbons (Fsp3) is 0.762. The van der Waals surface area contributed by atoms with Crippen molar-refractivity contribution in [3.8, 4) is 0 Å². The number of carbonyl (C=O) groups excluding carboxylic acids is 2. The summed E-state index contributed by atoms with van der Waals surface area (Å²) in [5, 5.41) is 14.1. The average Bonchev–Trinajstić information content (AvgIpc) is 3.33. The summed E-state index contributed by atoms with van der Waals surface area (Å²) in [5.74, 6) is 0.0564. The molecule has 1 aromatic rings. The second-order valence-corrected chi connectivity index (χ2v) is 8.96. The number of carbonyl (C=O) groups is 2. The largest absolute Gasteiger partial charge is 0.393 e. The zero-order valence-corrected chi connectivity index (χ0v) is 17.0. The second kappa shape index (κ2) is 7.50. The van der Waals surface area contributed by atoms with E-state index in [-0.39, 0.29) is 30.0 Å². The lowest BCUT2D eigenvalue weighted by molar-refractivity contribution is -0.149. The van der Waals surface area contributed by atoms with E-state index in [1.54, 1.807) is 17.1 Å². The summed E-state index contributed by atoms with van der Waals surface area (Å²) in [6, 6.07) is 0.400. The van der Waals surface area contributed by atoms with Crippen LogP contribution in [0.4, 0.5) is 0 Å². The molecule has 1 aromatic heterocycles. The smallest absolute Gasteiger partial charge is 0.257 e. The minimum atomic E-state index is -0.689. The summed E-state index contributed by atoms with van der Waals surface area (Å²) in [6.07, 6.45) is 9.74. The standard InChI is InChI=1S/C21H32N4O3/c1-15(2)25-14-16(13-22-25)19(27)24-12-4-10-21(24)9-3-11-23(20(21)28)17-5-7-18(26)8-6-17/h13-15,17-18,26H,3-12H2,1-2H3. The predicted octanol–water partition coefficient (Wildman–Crippen LogP) is 2.36. The lowest BCUT2D eigenvalue weighted by Gasteiger charge is -2.48. The van der Waals surface area contributed by atoms with E-state index in [2.05, 4.69) is 5.10 Å². The van der Waals surface area contributed by atoms with Gasteiger partial charge in [0.2, 0.25) is 5.91 Å². The number of likely N-dealkylation sites (tertiary alicyclic amines) is 2. The van der Waals surface area contributed by atoms with Gasteiger partial charge in [0, 0.05) is 31.4 Å². The first-order chi connectivity index (χ1) is 13.4. The average molecular weight is 389 g/mol. The Morgan fingerprint density at radius 3 is 2.50 bits per heavy atom. The summed E-state index contributed by atoms with van der Waals surface area (Å²) in [4.78, 5) is 30.8. The molecule has 154 valence electrons. The van der Waals surface area contributed by atoms with Crippen LogP contribution in [0, 0.1) is 0 Å². The molecule has 0 aromatic carbocycles. The maximum Gasteiger partial charge on any atom is 0.257 e. The Morgan fingerprint density at radius 2 is 1.86 bits per heavy atom. The van der Waals surface area contributed by atoms with Crippen molar-refractivity contribution in [1.29, 1.82) is 0 Å². The molecule has 0 bridgehead atoms. The van der Waals surface area contributed by atoms with Gasteiger partial charge in [-0.2, -0.15) is 5.10 Å². The molecule has 28 heavy (non-hydrogen) atoms. The Bertz CT molecular complexity index is 738. The van der Waals surface area contributed by atoms with Crippen LogP contribution in [-0.2, 0) is 4.79 Å². The van der Waals surface area contributed by atoms with Crippen molar-refractivity contribution in [2.45, 2.75) is 88.9 Å². The summed E-state index contributed by atoms with van der Waals surface area (Å²) in [5.41, 5.74) is -0.119. The number of aromatic nitrogens is 2. The zero-order valence-electron chi connectivity index (χ0n) is 17.0. The van der Waals surface area contributed by atoms with E-state index in [4.69, 9.17) is 0 Å². The molecule has 1 spiro atoms. The van der Waals surface area contributed by atoms with E-state index in [1.165, 1.54) is 0 Å². The van der Waals surface area contributed by atoms with E-state index in [9.17, 15) is 14.7 Å². The van der Waals surface area contributed by atoms with Crippen molar-refractivity contribution in [1.82, 2.24) is 19.6 Å². The van der Waals surface area contributed by atoms with Crippen LogP contribution in [0.25, 0.3) is 0 Å². The summed E-state index contributed by atoms with van der Waals surface area (Å²) in [6.45, 7) is 5.47. The third-order valence-electron chi connectivity index (χ3n) is 6.87. The number of nitrogens with zero attached hydrogens (tertiary/aromatic N) is 4. The van der Waals surface area contributed by atoms with Gasteiger partial charge < -0.3 is 14.9 Å². The summed E-state index contributed by atoms with van der Waals surface area (Å²) >= 11 is 0. The maximum absolute atomic E-state index is 13.6. The van der Waals surface area contributed by atoms with E-state index < -0.39 is 5.54 Å². The number of aliphatic hydroxyl groups excluding tert-OH is 1. The fourth-order valence-corrected chi connectivity index (χ4v) is 5.28. The normalized spacial score (nSPS) is 31.2. The SMILES string of the molecule is CC(C)n1cc(C(=O)N2CCCC23CCCN(C2CCC(O)CC2)C3=O)cn1. The van der Waals surface area contributed by atoms with Crippen molar-refractivity contribution < 1.29 is 14.7 Å². The monoisotopic (exact) mass is 388 g/mol. The molecular formula is C21H32N4O3. The Hall–Kier alpha value is -1.89. The van der Waals surface area contributed by atoms with Crippen molar-refractivity contribution in [3.05, 3.63) is 18.0 Å². The molecule has 3 fully saturated rings. The fourth-order valence-electron chi connectivity index (χ4n) is 5.28. The number of hydrogen-bond acceptors (Lipinski definition) is 4. The van der Waals surface area contributed by atoms with Crippen LogP contribution >= 0.6 is 0 Å². The van der Waals surface area contributed by atoms with Gasteiger partial charge in [-0.25, -0.2) is 0 Å². The molecule has 2 saturated heterocycles. The van der Waals surface area contributed by atoms with Gasteiger partial charge >= 0.3 is 0 Å². The van der Waals surface area contributed by atoms with Crippen molar-refractivity contribution >= 4 is 11.8 Å². The highest BCUT2D eigenvalue weighted by atomic mass is 16.3. The van der Waals surface area contributed by atoms with Gasteiger partial charge in [0.1, 0.15) is 5.54 Å². The van der Waals surface area contributed by atoms with Crippen LogP contribution in [-0.4, -0.2) is 67.3 Å². The topological polar surface area (TPSA) is 78.7 Å². The lowest BCUT2D eigenvalue weighted by Crippen LogP contribution is -2.63. The van der Waals surface area contributed by atoms with Crippen molar-refractivity contribution in [2.24, 2.45) is 0 Å². The molecule has 7 nitrogen and oxygen atoms in total. The quantitative estimate of drug-likeness (QED) is 0.862. The van der Waals surface area contributed by atoms with E-state index in [1.807, 2.05) is 23.6 Å². The Balaban J connectivity index is 1.56. The van der Waals surface area contributed by atoms with Crippen molar-refractivity contribution in [2.75, 3.05) is 13.1 Å². The Labute approximate surface area is 166 Å². The zero-order chi connectivity index (χ0) is 19.9. The van der Waals surface area contributed by atoms with Gasteiger partial charge in [-0.1, -0.05) is 0 Å². The van der Waals surface area contributed by atoms with Crippen LogP contribution in [0.3, 0.4) is 0 Å². The predicted molar refractivity (Wildman–Crippen MR) is 105 cm³/mol. The maximum atomic E-state index is 13.6. The van der Waals surface area contributed by atoms with E-state index in [0.717, 1.165) is 57.9 Å². The third-order valence-corrected chi connectivity index (χ3v) is 6.87. The first kappa shape index (κ1) is 19.4. The molecule has 3 heterocycles. The molecule has 7 heteroatoms. The molecule has 2 amide bonds. The minimum absolute atomic E-state index is 0.0707. The van der Waals surface area contributed by atoms with Crippen LogP contribution in [0.1, 0.15) is 81.6 Å². The van der Waals surface area contributed by atoms with Crippen LogP contribution < -0.4 is 0 Å². The first-order valence-corrected chi connectivity index (χ1v) is 10.8. The first-order valence-electron chi connectivity index (χ1n) is 10.8. The van der Waals surface area contributed by atoms with Crippen LogP contribution in [0.5, 0.6) is 0 Å². The van der Waals surface area contributed by atoms with E-state index >= 15 is 0 Å². The summed E-state index contributed by atoms with van der Waals surface area (Å²) in [7, 11) is 0. The molecule has 2 aliphatic heterocycles. The van der Waals surface area contributed by atoms with Crippen molar-refractivity contribution in [3.63, 3.8) is 0 Å². The van der Waals surface area contributed by atoms with Gasteiger partial charge in [0.15, 0.2) is 0 Å². The molecular weight excluding hydrogens is 356 g/mol. The van der Waals surface area contributed by atoms with Crippen LogP contribution in [0.15, 0.2) is 12.4 Å². The number of amides is 2. The van der Waals surface area contributed by atoms with Crippen LogP contribution in [0.2, 0.25) is 0 Å². The molecule has 1 unspecified atom stereocenters. The number of aliphatic hydroxyl groups is 1. The van der Waals surface area contributed by atoms with Gasteiger partial charge in [0.05, 0.1) is 17.9 Å². The van der Waals surface area contributed by atoms with Gasteiger partial charge in [-0.05, 0) is 65.2 Å². The molecule has 1 atom stereocenters. The lowest BCUT2D eigenvalue weighted by atomic mass is 9.82. The highest BCUT2D eigenvalue weighted by Gasteiger charge is 2.54. The molecule has 3 aliphatic rings. The summed E-state index contributed by atoms with van der Waals surface area (Å²) < 4.78 is 1.79.